The maximum Gasteiger partial charge on any atom is 0.311 e. The Balaban J connectivity index is 2.02. The summed E-state index contributed by atoms with van der Waals surface area (Å²) >= 11 is 0. The van der Waals surface area contributed by atoms with Crippen molar-refractivity contribution in [1.29, 1.82) is 0 Å². The molecule has 0 amide bonds. The molecule has 1 saturated heterocycles. The van der Waals surface area contributed by atoms with Crippen molar-refractivity contribution >= 4 is 22.6 Å². The van der Waals surface area contributed by atoms with Crippen LogP contribution < -0.4 is 0 Å². The summed E-state index contributed by atoms with van der Waals surface area (Å²) in [6.45, 7) is 30.2. The molecule has 0 bridgehead atoms. The molecule has 0 aromatic heterocycles. The van der Waals surface area contributed by atoms with Gasteiger partial charge in [0.15, 0.2) is 28.0 Å². The van der Waals surface area contributed by atoms with E-state index in [0.29, 0.717) is 45.3 Å². The topological polar surface area (TPSA) is 92.7 Å². The van der Waals surface area contributed by atoms with Crippen LogP contribution in [0.5, 0.6) is 0 Å². The van der Waals surface area contributed by atoms with E-state index >= 15 is 0 Å². The normalized spacial score (nSPS) is 19.5. The predicted molar refractivity (Wildman–Crippen MR) is 236 cm³/mol. The quantitative estimate of drug-likeness (QED) is 0.0802. The maximum atomic E-state index is 13.1. The summed E-state index contributed by atoms with van der Waals surface area (Å²) in [5.41, 5.74) is 0.309. The van der Waals surface area contributed by atoms with E-state index in [9.17, 15) is 9.90 Å². The van der Waals surface area contributed by atoms with Crippen LogP contribution in [-0.4, -0.2) is 76.7 Å². The number of hydrogen-bond acceptors (Lipinski definition) is 8. The van der Waals surface area contributed by atoms with Crippen molar-refractivity contribution in [3.8, 4) is 11.8 Å². The molecule has 1 unspecified atom stereocenters. The minimum atomic E-state index is -2.37. The van der Waals surface area contributed by atoms with Gasteiger partial charge < -0.3 is 32.9 Å². The maximum absolute atomic E-state index is 13.1. The Bertz CT molecular complexity index is 1560. The number of ether oxygens (including phenoxy) is 4. The van der Waals surface area contributed by atoms with Gasteiger partial charge in [-0.1, -0.05) is 114 Å². The van der Waals surface area contributed by atoms with E-state index in [1.807, 2.05) is 69.3 Å². The number of hydrogen-bond donors (Lipinski definition) is 1. The monoisotopic (exact) mass is 825 g/mol. The number of aliphatic hydroxyl groups excluding tert-OH is 1. The van der Waals surface area contributed by atoms with Crippen LogP contribution in [0.1, 0.15) is 106 Å². The van der Waals surface area contributed by atoms with Crippen LogP contribution in [-0.2, 0) is 45.6 Å². The Kier molecular flexibility index (Phi) is 17.9. The van der Waals surface area contributed by atoms with Crippen molar-refractivity contribution < 1.29 is 37.7 Å². The summed E-state index contributed by atoms with van der Waals surface area (Å²) in [6, 6.07) is 20.4. The highest BCUT2D eigenvalue weighted by Gasteiger charge is 2.54. The zero-order valence-electron chi connectivity index (χ0n) is 37.8. The predicted octanol–water partition coefficient (Wildman–Crippen LogP) is 10.5. The van der Waals surface area contributed by atoms with Gasteiger partial charge in [0.1, 0.15) is 24.4 Å². The highest BCUT2D eigenvalue weighted by molar-refractivity contribution is 6.74. The van der Waals surface area contributed by atoms with Crippen molar-refractivity contribution in [1.82, 2.24) is 0 Å². The third kappa shape index (κ3) is 15.0. The van der Waals surface area contributed by atoms with Gasteiger partial charge in [0.2, 0.25) is 0 Å². The Morgan fingerprint density at radius 3 is 2.00 bits per heavy atom. The lowest BCUT2D eigenvalue weighted by Gasteiger charge is -2.45. The average Bonchev–Trinajstić information content (AvgIpc) is 3.56. The second-order valence-electron chi connectivity index (χ2n) is 19.5. The average molecular weight is 825 g/mol. The molecule has 2 aromatic carbocycles. The van der Waals surface area contributed by atoms with Crippen LogP contribution in [0.15, 0.2) is 60.7 Å². The summed E-state index contributed by atoms with van der Waals surface area (Å²) in [7, 11) is -4.70. The first kappa shape index (κ1) is 49.0. The summed E-state index contributed by atoms with van der Waals surface area (Å²) in [5.74, 6) is 5.86. The molecule has 0 saturated carbocycles. The summed E-state index contributed by atoms with van der Waals surface area (Å²) in [4.78, 5) is 13.1. The fraction of sp³-hybridized carbons (Fsp3) is 0.681. The SMILES string of the molecule is CCC1(CC)OC[C@H]([C@@H](OCc2ccccc2)[C@](C#CC(O)CCC[C@@H](OC(=O)C(C)(C)C)[C@H](C)Cc2ccccc2)(CO[Si](C)(C)C(C)(C)C)O[Si](C)(C)C)O1. The van der Waals surface area contributed by atoms with E-state index in [0.717, 1.165) is 12.0 Å². The third-order valence-corrected chi connectivity index (χ3v) is 16.7. The molecule has 1 N–H and O–H groups in total. The molecular formula is C47H76O8Si2. The van der Waals surface area contributed by atoms with Crippen LogP contribution in [0, 0.1) is 23.2 Å². The lowest BCUT2D eigenvalue weighted by atomic mass is 9.91. The second-order valence-corrected chi connectivity index (χ2v) is 28.8. The van der Waals surface area contributed by atoms with Gasteiger partial charge in [-0.2, -0.15) is 0 Å². The number of esters is 1. The van der Waals surface area contributed by atoms with Gasteiger partial charge in [-0.05, 0) is 114 Å². The van der Waals surface area contributed by atoms with Crippen molar-refractivity contribution in [3.63, 3.8) is 0 Å². The van der Waals surface area contributed by atoms with E-state index in [1.165, 1.54) is 5.56 Å². The highest BCUT2D eigenvalue weighted by Crippen LogP contribution is 2.41. The van der Waals surface area contributed by atoms with Crippen LogP contribution in [0.2, 0.25) is 37.8 Å². The van der Waals surface area contributed by atoms with Gasteiger partial charge in [-0.25, -0.2) is 0 Å². The molecule has 1 fully saturated rings. The van der Waals surface area contributed by atoms with Gasteiger partial charge in [0, 0.05) is 0 Å². The smallest absolute Gasteiger partial charge is 0.311 e. The molecule has 0 spiro atoms. The fourth-order valence-corrected chi connectivity index (χ4v) is 9.01. The van der Waals surface area contributed by atoms with Crippen LogP contribution in [0.25, 0.3) is 0 Å². The molecule has 2 aromatic rings. The van der Waals surface area contributed by atoms with Gasteiger partial charge in [0.25, 0.3) is 0 Å². The third-order valence-electron chi connectivity index (χ3n) is 11.3. The minimum absolute atomic E-state index is 0.0671. The Morgan fingerprint density at radius 1 is 0.912 bits per heavy atom. The molecule has 57 heavy (non-hydrogen) atoms. The first-order valence-corrected chi connectivity index (χ1v) is 27.5. The van der Waals surface area contributed by atoms with Gasteiger partial charge in [-0.3, -0.25) is 4.79 Å². The number of carbonyl (C=O) groups is 1. The summed E-state index contributed by atoms with van der Waals surface area (Å²) in [6.07, 6.45) is 1.30. The Morgan fingerprint density at radius 2 is 1.49 bits per heavy atom. The molecule has 3 rings (SSSR count). The lowest BCUT2D eigenvalue weighted by molar-refractivity contribution is -0.203. The van der Waals surface area contributed by atoms with E-state index < -0.39 is 51.7 Å². The Hall–Kier alpha value is -2.34. The minimum Gasteiger partial charge on any atom is -0.462 e. The first-order chi connectivity index (χ1) is 26.4. The second kappa shape index (κ2) is 20.8. The van der Waals surface area contributed by atoms with Crippen LogP contribution in [0.3, 0.4) is 0 Å². The standard InChI is InChI=1S/C47H76O8Si2/c1-15-47(16-2)51-34-41(54-47)42(50-33-38-26-21-18-22-27-38)46(55-56(10,11)12,35-52-57(13,14)45(7,8)9)31-30-39(48)28-23-29-40(53-43(49)44(4,5)6)36(3)32-37-24-19-17-20-25-37/h17-22,24-27,36,39-42,48H,15-16,23,28-29,32-35H2,1-14H3/t36-,39?,40-,41-,42-,46+/m1/s1. The number of carbonyl (C=O) groups excluding carboxylic acids is 1. The molecule has 0 aliphatic carbocycles. The largest absolute Gasteiger partial charge is 0.462 e. The summed E-state index contributed by atoms with van der Waals surface area (Å²) < 4.78 is 40.5. The van der Waals surface area contributed by atoms with Crippen molar-refractivity contribution in [2.75, 3.05) is 13.2 Å². The van der Waals surface area contributed by atoms with Gasteiger partial charge >= 0.3 is 5.97 Å². The molecule has 1 heterocycles. The zero-order valence-corrected chi connectivity index (χ0v) is 39.8. The highest BCUT2D eigenvalue weighted by atomic mass is 28.4. The van der Waals surface area contributed by atoms with Gasteiger partial charge in [-0.15, -0.1) is 0 Å². The van der Waals surface area contributed by atoms with Crippen LogP contribution >= 0.6 is 0 Å². The number of rotatable bonds is 20. The molecule has 1 aliphatic rings. The first-order valence-electron chi connectivity index (χ1n) is 21.2. The molecule has 320 valence electrons. The number of aliphatic hydroxyl groups is 1. The molecule has 6 atom stereocenters. The van der Waals surface area contributed by atoms with E-state index in [1.54, 1.807) is 0 Å². The zero-order chi connectivity index (χ0) is 42.7. The van der Waals surface area contributed by atoms with Crippen molar-refractivity contribution in [3.05, 3.63) is 71.8 Å². The molecular weight excluding hydrogens is 749 g/mol. The van der Waals surface area contributed by atoms with Crippen molar-refractivity contribution in [2.45, 2.75) is 181 Å². The molecule has 1 aliphatic heterocycles. The Labute approximate surface area is 348 Å². The van der Waals surface area contributed by atoms with E-state index in [2.05, 4.69) is 98.3 Å². The molecule has 0 radical (unpaired) electrons. The van der Waals surface area contributed by atoms with E-state index in [-0.39, 0.29) is 29.6 Å². The summed E-state index contributed by atoms with van der Waals surface area (Å²) in [5, 5.41) is 11.6. The lowest BCUT2D eigenvalue weighted by Crippen LogP contribution is -2.60. The van der Waals surface area contributed by atoms with Crippen LogP contribution in [0.4, 0.5) is 0 Å². The number of benzene rings is 2. The van der Waals surface area contributed by atoms with Gasteiger partial charge in [0.05, 0.1) is 25.2 Å². The molecule has 8 nitrogen and oxygen atoms in total. The van der Waals surface area contributed by atoms with E-state index in [4.69, 9.17) is 27.8 Å². The fourth-order valence-electron chi connectivity index (χ4n) is 6.68. The molecule has 10 heteroatoms. The van der Waals surface area contributed by atoms with Crippen molar-refractivity contribution in [2.24, 2.45) is 11.3 Å².